The maximum absolute atomic E-state index is 6.19. The number of thiophene rings is 1. The third kappa shape index (κ3) is 3.07. The van der Waals surface area contributed by atoms with Gasteiger partial charge in [-0.25, -0.2) is 0 Å². The third-order valence-corrected chi connectivity index (χ3v) is 6.43. The van der Waals surface area contributed by atoms with Crippen molar-refractivity contribution in [2.24, 2.45) is 0 Å². The van der Waals surface area contributed by atoms with Crippen LogP contribution in [0.1, 0.15) is 20.8 Å². The van der Waals surface area contributed by atoms with E-state index in [1.807, 2.05) is 12.1 Å². The summed E-state index contributed by atoms with van der Waals surface area (Å²) < 4.78 is 1.15. The zero-order chi connectivity index (χ0) is 12.6. The van der Waals surface area contributed by atoms with E-state index >= 15 is 0 Å². The lowest BCUT2D eigenvalue weighted by Gasteiger charge is -2.10. The van der Waals surface area contributed by atoms with Gasteiger partial charge in [-0.3, -0.25) is 0 Å². The van der Waals surface area contributed by atoms with Crippen molar-refractivity contribution < 1.29 is 0 Å². The molecule has 0 spiro atoms. The maximum atomic E-state index is 6.19. The predicted molar refractivity (Wildman–Crippen MR) is 84.0 cm³/mol. The van der Waals surface area contributed by atoms with Crippen LogP contribution in [0.2, 0.25) is 10.0 Å². The summed E-state index contributed by atoms with van der Waals surface area (Å²) in [6.07, 6.45) is 0. The first kappa shape index (κ1) is 13.9. The van der Waals surface area contributed by atoms with Crippen LogP contribution in [0.4, 0.5) is 0 Å². The Labute approximate surface area is 131 Å². The molecular weight excluding hydrogens is 407 g/mol. The maximum Gasteiger partial charge on any atom is 0.0753 e. The van der Waals surface area contributed by atoms with Crippen LogP contribution < -0.4 is 0 Å². The first-order chi connectivity index (χ1) is 7.99. The molecule has 2 aromatic rings. The molecule has 2 rings (SSSR count). The van der Waals surface area contributed by atoms with E-state index in [1.165, 1.54) is 10.4 Å². The molecule has 0 radical (unpaired) electrons. The molecule has 5 heteroatoms. The molecule has 0 saturated carbocycles. The summed E-state index contributed by atoms with van der Waals surface area (Å²) in [5, 5.41) is 1.42. The van der Waals surface area contributed by atoms with Gasteiger partial charge in [-0.05, 0) is 58.2 Å². The van der Waals surface area contributed by atoms with Gasteiger partial charge < -0.3 is 0 Å². The zero-order valence-electron chi connectivity index (χ0n) is 8.81. The molecule has 17 heavy (non-hydrogen) atoms. The molecule has 0 N–H and O–H groups in total. The second-order valence-electron chi connectivity index (χ2n) is 3.63. The monoisotopic (exact) mass is 412 g/mol. The Morgan fingerprint density at radius 1 is 1.24 bits per heavy atom. The number of hydrogen-bond acceptors (Lipinski definition) is 1. The van der Waals surface area contributed by atoms with Gasteiger partial charge in [0.1, 0.15) is 0 Å². The molecule has 0 aliphatic carbocycles. The lowest BCUT2D eigenvalue weighted by Crippen LogP contribution is -1.90. The van der Waals surface area contributed by atoms with Crippen LogP contribution in [0.3, 0.4) is 0 Å². The second kappa shape index (κ2) is 5.62. The van der Waals surface area contributed by atoms with Crippen LogP contribution in [-0.2, 0) is 0 Å². The molecule has 90 valence electrons. The van der Waals surface area contributed by atoms with E-state index in [0.29, 0.717) is 5.02 Å². The molecule has 1 atom stereocenters. The van der Waals surface area contributed by atoms with Crippen molar-refractivity contribution in [3.63, 3.8) is 0 Å². The van der Waals surface area contributed by atoms with Crippen molar-refractivity contribution in [3.8, 4) is 0 Å². The van der Waals surface area contributed by atoms with Gasteiger partial charge in [-0.1, -0.05) is 39.1 Å². The largest absolute Gasteiger partial charge is 0.131 e. The molecule has 0 nitrogen and oxygen atoms in total. The van der Waals surface area contributed by atoms with Gasteiger partial charge in [0, 0.05) is 14.9 Å². The van der Waals surface area contributed by atoms with Crippen LogP contribution in [0, 0.1) is 6.92 Å². The molecule has 0 aliphatic rings. The molecule has 0 amide bonds. The van der Waals surface area contributed by atoms with E-state index in [-0.39, 0.29) is 4.83 Å². The van der Waals surface area contributed by atoms with E-state index in [0.717, 1.165) is 14.4 Å². The van der Waals surface area contributed by atoms with Crippen molar-refractivity contribution in [3.05, 3.63) is 54.1 Å². The Morgan fingerprint density at radius 3 is 2.53 bits per heavy atom. The highest BCUT2D eigenvalue weighted by atomic mass is 79.9. The van der Waals surface area contributed by atoms with E-state index in [2.05, 4.69) is 44.8 Å². The first-order valence-electron chi connectivity index (χ1n) is 4.84. The fourth-order valence-electron chi connectivity index (χ4n) is 1.47. The van der Waals surface area contributed by atoms with Crippen LogP contribution >= 0.6 is 66.4 Å². The third-order valence-electron chi connectivity index (χ3n) is 2.36. The van der Waals surface area contributed by atoms with E-state index < -0.39 is 0 Å². The second-order valence-corrected chi connectivity index (χ2v) is 7.79. The number of hydrogen-bond donors (Lipinski definition) is 0. The van der Waals surface area contributed by atoms with Gasteiger partial charge in [0.05, 0.1) is 8.61 Å². The Kier molecular flexibility index (Phi) is 4.59. The minimum atomic E-state index is 0.0729. The fraction of sp³-hybridized carbons (Fsp3) is 0.167. The summed E-state index contributed by atoms with van der Waals surface area (Å²) in [6, 6.07) is 7.66. The quantitative estimate of drug-likeness (QED) is 0.485. The van der Waals surface area contributed by atoms with Gasteiger partial charge in [-0.2, -0.15) is 0 Å². The summed E-state index contributed by atoms with van der Waals surface area (Å²) in [6.45, 7) is 2.07. The smallest absolute Gasteiger partial charge is 0.0753 e. The number of alkyl halides is 1. The van der Waals surface area contributed by atoms with E-state index in [1.54, 1.807) is 17.4 Å². The van der Waals surface area contributed by atoms with Crippen molar-refractivity contribution in [1.82, 2.24) is 0 Å². The van der Waals surface area contributed by atoms with Crippen molar-refractivity contribution >= 4 is 66.4 Å². The Balaban J connectivity index is 2.42. The summed E-state index contributed by atoms with van der Waals surface area (Å²) in [5.41, 5.74) is 2.22. The van der Waals surface area contributed by atoms with Gasteiger partial charge in [0.2, 0.25) is 0 Å². The minimum Gasteiger partial charge on any atom is -0.131 e. The Bertz CT molecular complexity index is 532. The molecule has 1 heterocycles. The number of halogens is 4. The molecule has 1 aromatic heterocycles. The van der Waals surface area contributed by atoms with Crippen LogP contribution in [0.15, 0.2) is 28.1 Å². The number of rotatable bonds is 2. The SMILES string of the molecule is Cc1cc(C(Br)c2cc(Cl)ccc2Cl)sc1Br. The highest BCUT2D eigenvalue weighted by Gasteiger charge is 2.17. The van der Waals surface area contributed by atoms with Gasteiger partial charge in [-0.15, -0.1) is 11.3 Å². The molecule has 1 aromatic carbocycles. The zero-order valence-corrected chi connectivity index (χ0v) is 14.3. The van der Waals surface area contributed by atoms with Crippen LogP contribution in [-0.4, -0.2) is 0 Å². The average molecular weight is 415 g/mol. The summed E-state index contributed by atoms with van der Waals surface area (Å²) in [4.78, 5) is 1.28. The van der Waals surface area contributed by atoms with Crippen molar-refractivity contribution in [1.29, 1.82) is 0 Å². The summed E-state index contributed by atoms with van der Waals surface area (Å²) >= 11 is 21.1. The molecule has 1 unspecified atom stereocenters. The number of aryl methyl sites for hydroxylation is 1. The Hall–Kier alpha value is 0.460. The van der Waals surface area contributed by atoms with Crippen molar-refractivity contribution in [2.45, 2.75) is 11.8 Å². The van der Waals surface area contributed by atoms with Crippen LogP contribution in [0.5, 0.6) is 0 Å². The Morgan fingerprint density at radius 2 is 1.94 bits per heavy atom. The van der Waals surface area contributed by atoms with Crippen molar-refractivity contribution in [2.75, 3.05) is 0 Å². The normalized spacial score (nSPS) is 12.8. The lowest BCUT2D eigenvalue weighted by molar-refractivity contribution is 1.22. The predicted octanol–water partition coefficient (Wildman–Crippen LogP) is 6.61. The topological polar surface area (TPSA) is 0 Å². The fourth-order valence-corrected chi connectivity index (χ4v) is 4.37. The summed E-state index contributed by atoms with van der Waals surface area (Å²) in [7, 11) is 0. The van der Waals surface area contributed by atoms with Gasteiger partial charge >= 0.3 is 0 Å². The van der Waals surface area contributed by atoms with Gasteiger partial charge in [0.25, 0.3) is 0 Å². The summed E-state index contributed by atoms with van der Waals surface area (Å²) in [5.74, 6) is 0. The van der Waals surface area contributed by atoms with Gasteiger partial charge in [0.15, 0.2) is 0 Å². The lowest BCUT2D eigenvalue weighted by atomic mass is 10.1. The van der Waals surface area contributed by atoms with E-state index in [9.17, 15) is 0 Å². The molecular formula is C12H8Br2Cl2S. The molecule has 0 aliphatic heterocycles. The number of benzene rings is 1. The highest BCUT2D eigenvalue weighted by Crippen LogP contribution is 2.41. The molecule has 0 saturated heterocycles. The standard InChI is InChI=1S/C12H8Br2Cl2S/c1-6-4-10(17-12(6)14)11(13)8-5-7(15)2-3-9(8)16/h2-5,11H,1H3. The van der Waals surface area contributed by atoms with Crippen LogP contribution in [0.25, 0.3) is 0 Å². The minimum absolute atomic E-state index is 0.0729. The highest BCUT2D eigenvalue weighted by molar-refractivity contribution is 9.11. The average Bonchev–Trinajstić information content (AvgIpc) is 2.62. The molecule has 0 fully saturated rings. The van der Waals surface area contributed by atoms with E-state index in [4.69, 9.17) is 23.2 Å². The first-order valence-corrected chi connectivity index (χ1v) is 8.12. The molecule has 0 bridgehead atoms.